The van der Waals surface area contributed by atoms with Crippen molar-refractivity contribution >= 4 is 5.69 Å². The van der Waals surface area contributed by atoms with Crippen molar-refractivity contribution in [1.29, 1.82) is 0 Å². The van der Waals surface area contributed by atoms with Crippen LogP contribution in [0.25, 0.3) is 0 Å². The van der Waals surface area contributed by atoms with Gasteiger partial charge in [-0.15, -0.1) is 0 Å². The Labute approximate surface area is 118 Å². The fourth-order valence-corrected chi connectivity index (χ4v) is 3.30. The predicted octanol–water partition coefficient (Wildman–Crippen LogP) is 3.51. The Bertz CT molecular complexity index is 425. The molecular formula is C17H28N2. The molecule has 0 amide bonds. The average Bonchev–Trinajstić information content (AvgIpc) is 2.30. The minimum absolute atomic E-state index is 0.236. The van der Waals surface area contributed by atoms with Gasteiger partial charge in [-0.25, -0.2) is 0 Å². The molecule has 0 aromatic heterocycles. The van der Waals surface area contributed by atoms with E-state index in [1.165, 1.54) is 36.2 Å². The van der Waals surface area contributed by atoms with Crippen LogP contribution in [0.3, 0.4) is 0 Å². The molecule has 1 aromatic rings. The molecule has 0 saturated carbocycles. The molecule has 2 nitrogen and oxygen atoms in total. The molecule has 3 unspecified atom stereocenters. The largest absolute Gasteiger partial charge is 0.369 e. The summed E-state index contributed by atoms with van der Waals surface area (Å²) in [6.07, 6.45) is 3.58. The summed E-state index contributed by atoms with van der Waals surface area (Å²) in [6, 6.07) is 7.74. The number of nitrogens with two attached hydrogens (primary N) is 1. The first-order valence-electron chi connectivity index (χ1n) is 7.59. The van der Waals surface area contributed by atoms with Crippen molar-refractivity contribution in [2.24, 2.45) is 11.7 Å². The monoisotopic (exact) mass is 260 g/mol. The van der Waals surface area contributed by atoms with Crippen LogP contribution in [0, 0.1) is 12.8 Å². The molecule has 106 valence electrons. The summed E-state index contributed by atoms with van der Waals surface area (Å²) in [5, 5.41) is 0. The molecule has 1 aromatic carbocycles. The fourth-order valence-electron chi connectivity index (χ4n) is 3.30. The summed E-state index contributed by atoms with van der Waals surface area (Å²) < 4.78 is 0. The van der Waals surface area contributed by atoms with E-state index in [1.54, 1.807) is 0 Å². The molecule has 2 rings (SSSR count). The molecular weight excluding hydrogens is 232 g/mol. The third-order valence-electron chi connectivity index (χ3n) is 4.27. The minimum atomic E-state index is 0.236. The van der Waals surface area contributed by atoms with Gasteiger partial charge in [0.25, 0.3) is 0 Å². The van der Waals surface area contributed by atoms with E-state index in [0.717, 1.165) is 12.3 Å². The van der Waals surface area contributed by atoms with Crippen LogP contribution in [0.5, 0.6) is 0 Å². The van der Waals surface area contributed by atoms with E-state index in [4.69, 9.17) is 5.73 Å². The highest BCUT2D eigenvalue weighted by atomic mass is 15.2. The molecule has 0 radical (unpaired) electrons. The normalized spacial score (nSPS) is 25.4. The summed E-state index contributed by atoms with van der Waals surface area (Å²) >= 11 is 0. The third-order valence-corrected chi connectivity index (χ3v) is 4.27. The van der Waals surface area contributed by atoms with Crippen LogP contribution in [-0.4, -0.2) is 18.6 Å². The SMILES string of the molecule is Cc1cc(CC(C)N)ccc1N1CCC(C)CC1C. The summed E-state index contributed by atoms with van der Waals surface area (Å²) in [5.41, 5.74) is 10.0. The first kappa shape index (κ1) is 14.4. The number of rotatable bonds is 3. The molecule has 1 aliphatic rings. The highest BCUT2D eigenvalue weighted by Gasteiger charge is 2.23. The van der Waals surface area contributed by atoms with E-state index in [-0.39, 0.29) is 6.04 Å². The molecule has 2 heteroatoms. The molecule has 1 fully saturated rings. The van der Waals surface area contributed by atoms with Gasteiger partial charge in [-0.1, -0.05) is 19.1 Å². The summed E-state index contributed by atoms with van der Waals surface area (Å²) in [4.78, 5) is 2.57. The van der Waals surface area contributed by atoms with Crippen LogP contribution in [0.2, 0.25) is 0 Å². The topological polar surface area (TPSA) is 29.3 Å². The standard InChI is InChI=1S/C17H28N2/c1-12-7-8-19(15(4)9-12)17-6-5-16(10-13(17)2)11-14(3)18/h5-6,10,12,14-15H,7-9,11,18H2,1-4H3. The maximum absolute atomic E-state index is 5.88. The van der Waals surface area contributed by atoms with Crippen LogP contribution < -0.4 is 10.6 Å². The zero-order valence-electron chi connectivity index (χ0n) is 12.8. The number of anilines is 1. The smallest absolute Gasteiger partial charge is 0.0398 e. The van der Waals surface area contributed by atoms with E-state index in [1.807, 2.05) is 0 Å². The Morgan fingerprint density at radius 3 is 2.68 bits per heavy atom. The lowest BCUT2D eigenvalue weighted by atomic mass is 9.92. The van der Waals surface area contributed by atoms with E-state index in [0.29, 0.717) is 6.04 Å². The van der Waals surface area contributed by atoms with Gasteiger partial charge in [0.05, 0.1) is 0 Å². The van der Waals surface area contributed by atoms with Gasteiger partial charge in [0.2, 0.25) is 0 Å². The quantitative estimate of drug-likeness (QED) is 0.901. The highest BCUT2D eigenvalue weighted by molar-refractivity contribution is 5.55. The summed E-state index contributed by atoms with van der Waals surface area (Å²) in [7, 11) is 0. The first-order valence-corrected chi connectivity index (χ1v) is 7.59. The maximum Gasteiger partial charge on any atom is 0.0398 e. The Morgan fingerprint density at radius 1 is 1.37 bits per heavy atom. The van der Waals surface area contributed by atoms with Gasteiger partial charge in [-0.05, 0) is 63.1 Å². The molecule has 1 saturated heterocycles. The molecule has 1 aliphatic heterocycles. The molecule has 2 N–H and O–H groups in total. The minimum Gasteiger partial charge on any atom is -0.369 e. The van der Waals surface area contributed by atoms with Crippen molar-refractivity contribution in [2.45, 2.75) is 59.0 Å². The second-order valence-electron chi connectivity index (χ2n) is 6.47. The van der Waals surface area contributed by atoms with Gasteiger partial charge in [0.1, 0.15) is 0 Å². The van der Waals surface area contributed by atoms with Crippen molar-refractivity contribution in [3.63, 3.8) is 0 Å². The van der Waals surface area contributed by atoms with Crippen LogP contribution in [0.15, 0.2) is 18.2 Å². The Kier molecular flexibility index (Phi) is 4.51. The van der Waals surface area contributed by atoms with Crippen molar-refractivity contribution < 1.29 is 0 Å². The number of benzene rings is 1. The molecule has 0 spiro atoms. The fraction of sp³-hybridized carbons (Fsp3) is 0.647. The van der Waals surface area contributed by atoms with E-state index >= 15 is 0 Å². The Hall–Kier alpha value is -1.02. The van der Waals surface area contributed by atoms with E-state index in [2.05, 4.69) is 50.8 Å². The van der Waals surface area contributed by atoms with Crippen molar-refractivity contribution in [3.8, 4) is 0 Å². The second kappa shape index (κ2) is 5.96. The molecule has 1 heterocycles. The average molecular weight is 260 g/mol. The lowest BCUT2D eigenvalue weighted by Gasteiger charge is -2.39. The molecule has 19 heavy (non-hydrogen) atoms. The van der Waals surface area contributed by atoms with Crippen LogP contribution >= 0.6 is 0 Å². The lowest BCUT2D eigenvalue weighted by molar-refractivity contribution is 0.377. The van der Waals surface area contributed by atoms with Crippen molar-refractivity contribution in [1.82, 2.24) is 0 Å². The number of aryl methyl sites for hydroxylation is 1. The Balaban J connectivity index is 2.16. The predicted molar refractivity (Wildman–Crippen MR) is 83.7 cm³/mol. The van der Waals surface area contributed by atoms with E-state index in [9.17, 15) is 0 Å². The van der Waals surface area contributed by atoms with Gasteiger partial charge >= 0.3 is 0 Å². The zero-order valence-corrected chi connectivity index (χ0v) is 12.8. The van der Waals surface area contributed by atoms with Gasteiger partial charge in [-0.2, -0.15) is 0 Å². The first-order chi connectivity index (χ1) is 8.97. The van der Waals surface area contributed by atoms with Gasteiger partial charge < -0.3 is 10.6 Å². The van der Waals surface area contributed by atoms with Crippen LogP contribution in [0.4, 0.5) is 5.69 Å². The summed E-state index contributed by atoms with van der Waals surface area (Å²) in [6.45, 7) is 10.2. The van der Waals surface area contributed by atoms with Gasteiger partial charge in [0.15, 0.2) is 0 Å². The second-order valence-corrected chi connectivity index (χ2v) is 6.47. The molecule has 0 bridgehead atoms. The zero-order chi connectivity index (χ0) is 14.0. The van der Waals surface area contributed by atoms with Crippen LogP contribution in [-0.2, 0) is 6.42 Å². The highest BCUT2D eigenvalue weighted by Crippen LogP contribution is 2.30. The van der Waals surface area contributed by atoms with Gasteiger partial charge in [-0.3, -0.25) is 0 Å². The van der Waals surface area contributed by atoms with Crippen LogP contribution in [0.1, 0.15) is 44.7 Å². The lowest BCUT2D eigenvalue weighted by Crippen LogP contribution is -2.40. The number of hydrogen-bond acceptors (Lipinski definition) is 2. The Morgan fingerprint density at radius 2 is 2.11 bits per heavy atom. The van der Waals surface area contributed by atoms with E-state index < -0.39 is 0 Å². The maximum atomic E-state index is 5.88. The number of nitrogens with zero attached hydrogens (tertiary/aromatic N) is 1. The van der Waals surface area contributed by atoms with Crippen molar-refractivity contribution in [2.75, 3.05) is 11.4 Å². The molecule has 0 aliphatic carbocycles. The molecule has 3 atom stereocenters. The third kappa shape index (κ3) is 3.50. The number of hydrogen-bond donors (Lipinski definition) is 1. The van der Waals surface area contributed by atoms with Gasteiger partial charge in [0, 0.05) is 24.3 Å². The summed E-state index contributed by atoms with van der Waals surface area (Å²) in [5.74, 6) is 0.865. The van der Waals surface area contributed by atoms with Crippen molar-refractivity contribution in [3.05, 3.63) is 29.3 Å². The number of piperidine rings is 1.